The van der Waals surface area contributed by atoms with Crippen LogP contribution in [0.3, 0.4) is 0 Å². The first-order valence-corrected chi connectivity index (χ1v) is 11.1. The van der Waals surface area contributed by atoms with E-state index in [1.807, 2.05) is 35.2 Å². The first-order chi connectivity index (χ1) is 14.2. The number of hydrogen-bond donors (Lipinski definition) is 1. The summed E-state index contributed by atoms with van der Waals surface area (Å²) in [6, 6.07) is 14.7. The zero-order chi connectivity index (χ0) is 19.8. The van der Waals surface area contributed by atoms with Crippen LogP contribution in [0.15, 0.2) is 42.5 Å². The van der Waals surface area contributed by atoms with Crippen LogP contribution in [0.5, 0.6) is 5.75 Å². The summed E-state index contributed by atoms with van der Waals surface area (Å²) in [6.45, 7) is 3.97. The number of nitrogens with zero attached hydrogens (tertiary/aromatic N) is 2. The lowest BCUT2D eigenvalue weighted by atomic mass is 9.79. The molecule has 0 saturated carbocycles. The van der Waals surface area contributed by atoms with Crippen molar-refractivity contribution in [2.75, 3.05) is 19.6 Å². The molecule has 1 saturated heterocycles. The molecular weight excluding hydrogens is 360 g/mol. The van der Waals surface area contributed by atoms with Gasteiger partial charge in [0, 0.05) is 30.6 Å². The van der Waals surface area contributed by atoms with Gasteiger partial charge in [-0.25, -0.2) is 0 Å². The fourth-order valence-corrected chi connectivity index (χ4v) is 5.74. The average molecular weight is 391 g/mol. The first-order valence-electron chi connectivity index (χ1n) is 11.1. The maximum absolute atomic E-state index is 12.5. The van der Waals surface area contributed by atoms with Crippen LogP contribution in [0.2, 0.25) is 0 Å². The third-order valence-electron chi connectivity index (χ3n) is 7.21. The molecule has 29 heavy (non-hydrogen) atoms. The van der Waals surface area contributed by atoms with E-state index in [2.05, 4.69) is 17.0 Å². The van der Waals surface area contributed by atoms with Crippen molar-refractivity contribution in [3.05, 3.63) is 64.7 Å². The van der Waals surface area contributed by atoms with Crippen molar-refractivity contribution in [2.24, 2.45) is 0 Å². The van der Waals surface area contributed by atoms with Gasteiger partial charge in [0.15, 0.2) is 0 Å². The van der Waals surface area contributed by atoms with Gasteiger partial charge in [-0.05, 0) is 74.0 Å². The summed E-state index contributed by atoms with van der Waals surface area (Å²) in [5.74, 6) is 1.27. The minimum Gasteiger partial charge on any atom is -0.508 e. The second kappa shape index (κ2) is 7.83. The summed E-state index contributed by atoms with van der Waals surface area (Å²) in [7, 11) is 0. The van der Waals surface area contributed by atoms with Crippen LogP contribution in [-0.2, 0) is 13.0 Å². The van der Waals surface area contributed by atoms with Crippen LogP contribution in [0.4, 0.5) is 0 Å². The van der Waals surface area contributed by atoms with Gasteiger partial charge in [0.05, 0.1) is 0 Å². The van der Waals surface area contributed by atoms with Crippen molar-refractivity contribution >= 4 is 5.91 Å². The van der Waals surface area contributed by atoms with E-state index in [9.17, 15) is 9.90 Å². The Morgan fingerprint density at radius 1 is 0.966 bits per heavy atom. The summed E-state index contributed by atoms with van der Waals surface area (Å²) >= 11 is 0. The molecule has 2 aromatic rings. The molecule has 0 spiro atoms. The van der Waals surface area contributed by atoms with Crippen LogP contribution in [0.25, 0.3) is 0 Å². The van der Waals surface area contributed by atoms with Gasteiger partial charge in [0.25, 0.3) is 5.91 Å². The predicted molar refractivity (Wildman–Crippen MR) is 114 cm³/mol. The van der Waals surface area contributed by atoms with Crippen molar-refractivity contribution in [3.8, 4) is 5.75 Å². The molecule has 2 aliphatic heterocycles. The van der Waals surface area contributed by atoms with Crippen LogP contribution in [0.1, 0.15) is 65.1 Å². The first kappa shape index (κ1) is 18.7. The lowest BCUT2D eigenvalue weighted by Crippen LogP contribution is -2.35. The summed E-state index contributed by atoms with van der Waals surface area (Å²) < 4.78 is 0. The minimum absolute atomic E-state index is 0.201. The van der Waals surface area contributed by atoms with E-state index in [0.717, 1.165) is 44.5 Å². The Hall–Kier alpha value is -2.33. The molecule has 5 rings (SSSR count). The number of benzene rings is 2. The van der Waals surface area contributed by atoms with E-state index in [1.165, 1.54) is 42.5 Å². The van der Waals surface area contributed by atoms with Gasteiger partial charge in [0.1, 0.15) is 5.75 Å². The monoisotopic (exact) mass is 390 g/mol. The molecule has 2 unspecified atom stereocenters. The molecule has 4 nitrogen and oxygen atoms in total. The molecule has 2 aromatic carbocycles. The van der Waals surface area contributed by atoms with E-state index in [-0.39, 0.29) is 5.91 Å². The average Bonchev–Trinajstić information content (AvgIpc) is 3.30. The van der Waals surface area contributed by atoms with Crippen LogP contribution < -0.4 is 0 Å². The summed E-state index contributed by atoms with van der Waals surface area (Å²) in [4.78, 5) is 17.1. The van der Waals surface area contributed by atoms with Gasteiger partial charge in [-0.15, -0.1) is 0 Å². The number of phenolic OH excluding ortho intramolecular Hbond substituents is 1. The molecule has 2 atom stereocenters. The number of phenols is 1. The van der Waals surface area contributed by atoms with Gasteiger partial charge < -0.3 is 10.0 Å². The number of amides is 1. The standard InChI is InChI=1S/C25H30N2O2/c28-24-10-6-9-20-21-13-16-26(23(21)12-11-22(20)24)14-4-1-5-15-27-17-18-7-2-3-8-19(18)25(27)29/h2-3,6-10,21,23,28H,1,4-5,11-17H2. The minimum atomic E-state index is 0.201. The lowest BCUT2D eigenvalue weighted by Gasteiger charge is -2.33. The van der Waals surface area contributed by atoms with Crippen LogP contribution >= 0.6 is 0 Å². The SMILES string of the molecule is O=C1c2ccccc2CN1CCCCCN1CCC2c3cccc(O)c3CCC21. The summed E-state index contributed by atoms with van der Waals surface area (Å²) in [6.07, 6.45) is 6.82. The fourth-order valence-electron chi connectivity index (χ4n) is 5.74. The Kier molecular flexibility index (Phi) is 5.04. The molecule has 0 bridgehead atoms. The van der Waals surface area contributed by atoms with Crippen molar-refractivity contribution in [3.63, 3.8) is 0 Å². The number of carbonyl (C=O) groups is 1. The maximum Gasteiger partial charge on any atom is 0.254 e. The number of fused-ring (bicyclic) bond motifs is 4. The third kappa shape index (κ3) is 3.44. The highest BCUT2D eigenvalue weighted by atomic mass is 16.3. The number of unbranched alkanes of at least 4 members (excludes halogenated alkanes) is 2. The van der Waals surface area contributed by atoms with Crippen LogP contribution in [-0.4, -0.2) is 46.5 Å². The second-order valence-electron chi connectivity index (χ2n) is 8.83. The number of hydrogen-bond acceptors (Lipinski definition) is 3. The van der Waals surface area contributed by atoms with Crippen molar-refractivity contribution in [1.29, 1.82) is 0 Å². The molecule has 1 aliphatic carbocycles. The zero-order valence-corrected chi connectivity index (χ0v) is 17.0. The normalized spacial score (nSPS) is 23.2. The van der Waals surface area contributed by atoms with Crippen molar-refractivity contribution in [1.82, 2.24) is 9.80 Å². The van der Waals surface area contributed by atoms with Crippen LogP contribution in [0, 0.1) is 0 Å². The van der Waals surface area contributed by atoms with Gasteiger partial charge in [-0.3, -0.25) is 9.69 Å². The molecule has 2 heterocycles. The molecular formula is C25H30N2O2. The topological polar surface area (TPSA) is 43.8 Å². The van der Waals surface area contributed by atoms with Crippen molar-refractivity contribution in [2.45, 2.75) is 57.0 Å². The molecule has 152 valence electrons. The molecule has 1 N–H and O–H groups in total. The largest absolute Gasteiger partial charge is 0.508 e. The zero-order valence-electron chi connectivity index (χ0n) is 17.0. The van der Waals surface area contributed by atoms with E-state index in [4.69, 9.17) is 0 Å². The maximum atomic E-state index is 12.5. The molecule has 0 aromatic heterocycles. The number of aromatic hydroxyl groups is 1. The van der Waals surface area contributed by atoms with Gasteiger partial charge in [-0.1, -0.05) is 36.8 Å². The van der Waals surface area contributed by atoms with E-state index in [0.29, 0.717) is 17.7 Å². The van der Waals surface area contributed by atoms with E-state index >= 15 is 0 Å². The lowest BCUT2D eigenvalue weighted by molar-refractivity contribution is 0.0775. The van der Waals surface area contributed by atoms with Gasteiger partial charge in [-0.2, -0.15) is 0 Å². The highest BCUT2D eigenvalue weighted by Gasteiger charge is 2.38. The highest BCUT2D eigenvalue weighted by Crippen LogP contribution is 2.43. The number of rotatable bonds is 6. The third-order valence-corrected chi connectivity index (χ3v) is 7.21. The highest BCUT2D eigenvalue weighted by molar-refractivity contribution is 5.98. The van der Waals surface area contributed by atoms with Gasteiger partial charge in [0.2, 0.25) is 0 Å². The molecule has 1 amide bonds. The number of likely N-dealkylation sites (tertiary alicyclic amines) is 1. The van der Waals surface area contributed by atoms with Crippen molar-refractivity contribution < 1.29 is 9.90 Å². The second-order valence-corrected chi connectivity index (χ2v) is 8.83. The Labute approximate surface area is 173 Å². The van der Waals surface area contributed by atoms with Gasteiger partial charge >= 0.3 is 0 Å². The summed E-state index contributed by atoms with van der Waals surface area (Å²) in [5.41, 5.74) is 4.63. The molecule has 3 aliphatic rings. The Morgan fingerprint density at radius 2 is 1.83 bits per heavy atom. The molecule has 1 fully saturated rings. The van der Waals surface area contributed by atoms with E-state index < -0.39 is 0 Å². The fraction of sp³-hybridized carbons (Fsp3) is 0.480. The summed E-state index contributed by atoms with van der Waals surface area (Å²) in [5, 5.41) is 10.2. The molecule has 0 radical (unpaired) electrons. The predicted octanol–water partition coefficient (Wildman–Crippen LogP) is 4.32. The smallest absolute Gasteiger partial charge is 0.254 e. The Bertz CT molecular complexity index is 909. The number of carbonyl (C=O) groups excluding carboxylic acids is 1. The Morgan fingerprint density at radius 3 is 2.72 bits per heavy atom. The molecule has 4 heteroatoms. The quantitative estimate of drug-likeness (QED) is 0.747. The van der Waals surface area contributed by atoms with E-state index in [1.54, 1.807) is 0 Å². The Balaban J connectivity index is 1.09.